The Balaban J connectivity index is 2.50. The summed E-state index contributed by atoms with van der Waals surface area (Å²) in [4.78, 5) is 23.8. The quantitative estimate of drug-likeness (QED) is 0.401. The number of carbonyl (C=O) groups excluding carboxylic acids is 2. The van der Waals surface area contributed by atoms with E-state index in [2.05, 4.69) is 4.74 Å². The van der Waals surface area contributed by atoms with E-state index >= 15 is 0 Å². The minimum absolute atomic E-state index is 0.225. The second kappa shape index (κ2) is 5.31. The van der Waals surface area contributed by atoms with Gasteiger partial charge in [0.2, 0.25) is 5.91 Å². The maximum Gasteiger partial charge on any atom is 0.315 e. The van der Waals surface area contributed by atoms with Crippen LogP contribution >= 0.6 is 24.0 Å². The molecule has 4 nitrogen and oxygen atoms in total. The zero-order valence-electron chi connectivity index (χ0n) is 7.82. The molecule has 0 aromatic rings. The Morgan fingerprint density at radius 1 is 1.64 bits per heavy atom. The molecule has 0 aromatic carbocycles. The van der Waals surface area contributed by atoms with E-state index < -0.39 is 5.97 Å². The minimum atomic E-state index is -0.520. The number of rotatable bonds is 2. The molecule has 1 heterocycles. The highest BCUT2D eigenvalue weighted by Gasteiger charge is 2.23. The molecule has 0 unspecified atom stereocenters. The molecule has 1 aliphatic heterocycles. The Morgan fingerprint density at radius 3 is 2.93 bits per heavy atom. The molecule has 14 heavy (non-hydrogen) atoms. The van der Waals surface area contributed by atoms with Gasteiger partial charge < -0.3 is 4.74 Å². The fraction of sp³-hybridized carbons (Fsp3) is 0.625. The van der Waals surface area contributed by atoms with E-state index in [0.717, 1.165) is 12.2 Å². The van der Waals surface area contributed by atoms with Gasteiger partial charge in [0.15, 0.2) is 0 Å². The molecule has 78 valence electrons. The van der Waals surface area contributed by atoms with E-state index in [1.54, 1.807) is 0 Å². The summed E-state index contributed by atoms with van der Waals surface area (Å²) in [6.45, 7) is 0.613. The maximum absolute atomic E-state index is 11.5. The van der Waals surface area contributed by atoms with Crippen LogP contribution in [0.1, 0.15) is 12.8 Å². The van der Waals surface area contributed by atoms with Crippen LogP contribution in [0, 0.1) is 0 Å². The van der Waals surface area contributed by atoms with Crippen LogP contribution in [0.15, 0.2) is 0 Å². The number of nitrogens with zero attached hydrogens (tertiary/aromatic N) is 1. The maximum atomic E-state index is 11.5. The first-order valence-corrected chi connectivity index (χ1v) is 5.58. The third-order valence-corrected chi connectivity index (χ3v) is 3.33. The van der Waals surface area contributed by atoms with Crippen LogP contribution in [0.4, 0.5) is 0 Å². The van der Waals surface area contributed by atoms with Gasteiger partial charge in [0.05, 0.1) is 7.11 Å². The molecular formula is C8H11NO3S2. The van der Waals surface area contributed by atoms with Crippen molar-refractivity contribution in [2.24, 2.45) is 0 Å². The van der Waals surface area contributed by atoms with Gasteiger partial charge in [-0.2, -0.15) is 0 Å². The number of amides is 1. The van der Waals surface area contributed by atoms with Crippen LogP contribution in [0.3, 0.4) is 0 Å². The Labute approximate surface area is 92.0 Å². The van der Waals surface area contributed by atoms with Crippen molar-refractivity contribution < 1.29 is 14.3 Å². The molecule has 0 aromatic heterocycles. The average molecular weight is 233 g/mol. The third kappa shape index (κ3) is 2.95. The number of thioether (sulfide) groups is 1. The lowest BCUT2D eigenvalue weighted by molar-refractivity contribution is -0.145. The molecule has 0 radical (unpaired) electrons. The molecule has 0 saturated carbocycles. The lowest BCUT2D eigenvalue weighted by Gasteiger charge is -2.26. The second-order valence-corrected chi connectivity index (χ2v) is 4.49. The van der Waals surface area contributed by atoms with Crippen LogP contribution in [0.2, 0.25) is 0 Å². The first-order valence-electron chi connectivity index (χ1n) is 4.19. The van der Waals surface area contributed by atoms with E-state index in [0.29, 0.717) is 10.9 Å². The van der Waals surface area contributed by atoms with Gasteiger partial charge in [-0.05, 0) is 6.42 Å². The van der Waals surface area contributed by atoms with Gasteiger partial charge >= 0.3 is 5.97 Å². The Morgan fingerprint density at radius 2 is 2.36 bits per heavy atom. The van der Waals surface area contributed by atoms with Crippen LogP contribution in [-0.2, 0) is 14.3 Å². The molecule has 0 atom stereocenters. The largest absolute Gasteiger partial charge is 0.469 e. The number of thiocarbonyl (C=S) groups is 1. The van der Waals surface area contributed by atoms with Crippen molar-refractivity contribution in [3.8, 4) is 0 Å². The van der Waals surface area contributed by atoms with Crippen LogP contribution < -0.4 is 0 Å². The fourth-order valence-corrected chi connectivity index (χ4v) is 2.31. The standard InChI is InChI=1S/C8H11NO3S2/c1-12-7(11)5-6(10)9-3-2-4-14-8(9)13/h2-5H2,1H3. The van der Waals surface area contributed by atoms with E-state index in [4.69, 9.17) is 12.2 Å². The summed E-state index contributed by atoms with van der Waals surface area (Å²) < 4.78 is 4.97. The molecule has 0 bridgehead atoms. The van der Waals surface area contributed by atoms with Gasteiger partial charge in [-0.25, -0.2) is 0 Å². The van der Waals surface area contributed by atoms with Crippen LogP contribution in [-0.4, -0.2) is 40.5 Å². The lowest BCUT2D eigenvalue weighted by atomic mass is 10.3. The minimum Gasteiger partial charge on any atom is -0.469 e. The molecule has 1 amide bonds. The molecular weight excluding hydrogens is 222 g/mol. The van der Waals surface area contributed by atoms with Crippen LogP contribution in [0.5, 0.6) is 0 Å². The van der Waals surface area contributed by atoms with Crippen molar-refractivity contribution in [2.45, 2.75) is 12.8 Å². The van der Waals surface area contributed by atoms with Crippen molar-refractivity contribution in [2.75, 3.05) is 19.4 Å². The number of hydrogen-bond donors (Lipinski definition) is 0. The molecule has 1 rings (SSSR count). The molecule has 0 spiro atoms. The van der Waals surface area contributed by atoms with E-state index in [1.165, 1.54) is 23.8 Å². The Hall–Kier alpha value is -0.620. The third-order valence-electron chi connectivity index (χ3n) is 1.80. The van der Waals surface area contributed by atoms with Gasteiger partial charge in [0.25, 0.3) is 0 Å². The van der Waals surface area contributed by atoms with Crippen molar-refractivity contribution in [3.63, 3.8) is 0 Å². The zero-order valence-corrected chi connectivity index (χ0v) is 9.45. The number of esters is 1. The number of hydrogen-bond acceptors (Lipinski definition) is 5. The molecule has 0 N–H and O–H groups in total. The summed E-state index contributed by atoms with van der Waals surface area (Å²) in [7, 11) is 1.26. The summed E-state index contributed by atoms with van der Waals surface area (Å²) >= 11 is 6.48. The van der Waals surface area contributed by atoms with Gasteiger partial charge in [0.1, 0.15) is 10.7 Å². The smallest absolute Gasteiger partial charge is 0.315 e. The summed E-state index contributed by atoms with van der Waals surface area (Å²) in [6.07, 6.45) is 0.689. The number of methoxy groups -OCH3 is 1. The predicted octanol–water partition coefficient (Wildman–Crippen LogP) is 0.800. The first kappa shape index (κ1) is 11.5. The lowest BCUT2D eigenvalue weighted by Crippen LogP contribution is -2.39. The summed E-state index contributed by atoms with van der Waals surface area (Å²) in [5.74, 6) is 0.156. The zero-order chi connectivity index (χ0) is 10.6. The van der Waals surface area contributed by atoms with Crippen LogP contribution in [0.25, 0.3) is 0 Å². The second-order valence-electron chi connectivity index (χ2n) is 2.77. The number of ether oxygens (including phenoxy) is 1. The Kier molecular flexibility index (Phi) is 4.34. The molecule has 1 aliphatic rings. The predicted molar refractivity (Wildman–Crippen MR) is 58.0 cm³/mol. The molecule has 1 saturated heterocycles. The molecule has 0 aliphatic carbocycles. The fourth-order valence-electron chi connectivity index (χ4n) is 1.07. The average Bonchev–Trinajstić information content (AvgIpc) is 2.18. The summed E-state index contributed by atoms with van der Waals surface area (Å²) in [5.41, 5.74) is 0. The Bertz CT molecular complexity index is 267. The normalized spacial score (nSPS) is 16.6. The SMILES string of the molecule is COC(=O)CC(=O)N1CCCSC1=S. The van der Waals surface area contributed by atoms with Crippen molar-refractivity contribution >= 4 is 40.2 Å². The van der Waals surface area contributed by atoms with Gasteiger partial charge in [-0.3, -0.25) is 14.5 Å². The van der Waals surface area contributed by atoms with E-state index in [1.807, 2.05) is 0 Å². The number of carbonyl (C=O) groups is 2. The van der Waals surface area contributed by atoms with Crippen molar-refractivity contribution in [1.29, 1.82) is 0 Å². The summed E-state index contributed by atoms with van der Waals surface area (Å²) in [5, 5.41) is 0. The van der Waals surface area contributed by atoms with Gasteiger partial charge in [-0.1, -0.05) is 24.0 Å². The highest BCUT2D eigenvalue weighted by Crippen LogP contribution is 2.18. The summed E-state index contributed by atoms with van der Waals surface area (Å²) in [6, 6.07) is 0. The monoisotopic (exact) mass is 233 g/mol. The molecule has 6 heteroatoms. The highest BCUT2D eigenvalue weighted by atomic mass is 32.2. The van der Waals surface area contributed by atoms with E-state index in [-0.39, 0.29) is 12.3 Å². The van der Waals surface area contributed by atoms with Crippen molar-refractivity contribution in [1.82, 2.24) is 4.90 Å². The molecule has 1 fully saturated rings. The van der Waals surface area contributed by atoms with Crippen molar-refractivity contribution in [3.05, 3.63) is 0 Å². The first-order chi connectivity index (χ1) is 6.65. The van der Waals surface area contributed by atoms with Gasteiger partial charge in [-0.15, -0.1) is 0 Å². The highest BCUT2D eigenvalue weighted by molar-refractivity contribution is 8.23. The van der Waals surface area contributed by atoms with Gasteiger partial charge in [0, 0.05) is 12.3 Å². The topological polar surface area (TPSA) is 46.6 Å². The van der Waals surface area contributed by atoms with E-state index in [9.17, 15) is 9.59 Å².